The smallest absolute Gasteiger partial charge is 0.331 e. The van der Waals surface area contributed by atoms with Gasteiger partial charge in [-0.1, -0.05) is 29.8 Å². The van der Waals surface area contributed by atoms with Crippen molar-refractivity contribution in [3.05, 3.63) is 79.5 Å². The van der Waals surface area contributed by atoms with E-state index in [2.05, 4.69) is 24.4 Å². The highest BCUT2D eigenvalue weighted by molar-refractivity contribution is 5.78. The lowest BCUT2D eigenvalue weighted by Gasteiger charge is -2.17. The van der Waals surface area contributed by atoms with Gasteiger partial charge in [-0.25, -0.2) is 4.79 Å². The van der Waals surface area contributed by atoms with Crippen molar-refractivity contribution in [3.63, 3.8) is 0 Å². The fraction of sp³-hybridized carbons (Fsp3) is 0.400. The van der Waals surface area contributed by atoms with Crippen LogP contribution in [0.4, 0.5) is 0 Å². The number of aryl methyl sites for hydroxylation is 3. The fourth-order valence-electron chi connectivity index (χ4n) is 4.12. The Balaban J connectivity index is 1.95. The Morgan fingerprint density at radius 1 is 1.03 bits per heavy atom. The molecule has 0 saturated carbocycles. The van der Waals surface area contributed by atoms with Crippen LogP contribution in [-0.4, -0.2) is 35.3 Å². The number of methoxy groups -OCH3 is 1. The van der Waals surface area contributed by atoms with Crippen molar-refractivity contribution in [2.24, 2.45) is 0 Å². The van der Waals surface area contributed by atoms with Gasteiger partial charge < -0.3 is 10.1 Å². The largest absolute Gasteiger partial charge is 0.383 e. The minimum Gasteiger partial charge on any atom is -0.383 e. The van der Waals surface area contributed by atoms with Crippen molar-refractivity contribution in [2.75, 3.05) is 20.3 Å². The number of carbonyl (C=O) groups is 1. The molecule has 0 aliphatic rings. The molecule has 3 aromatic rings. The first kappa shape index (κ1) is 23.5. The zero-order valence-electron chi connectivity index (χ0n) is 19.2. The van der Waals surface area contributed by atoms with Crippen molar-refractivity contribution in [2.45, 2.75) is 46.7 Å². The van der Waals surface area contributed by atoms with Crippen molar-refractivity contribution in [1.82, 2.24) is 14.5 Å². The zero-order valence-corrected chi connectivity index (χ0v) is 19.2. The second-order valence-corrected chi connectivity index (χ2v) is 8.17. The molecule has 0 radical (unpaired) electrons. The molecule has 32 heavy (non-hydrogen) atoms. The van der Waals surface area contributed by atoms with Crippen LogP contribution in [0.25, 0.3) is 10.9 Å². The van der Waals surface area contributed by atoms with Crippen LogP contribution in [0.2, 0.25) is 0 Å². The van der Waals surface area contributed by atoms with Gasteiger partial charge in [0.1, 0.15) is 0 Å². The normalized spacial score (nSPS) is 11.1. The lowest BCUT2D eigenvalue weighted by Crippen LogP contribution is -2.40. The Bertz CT molecular complexity index is 1220. The highest BCUT2D eigenvalue weighted by Crippen LogP contribution is 2.19. The SMILES string of the molecule is COCCNC(=O)CCCn1c(=O)c2ccccc2n(Cc2c(C)cc(C)cc2C)c1=O. The summed E-state index contributed by atoms with van der Waals surface area (Å²) in [5, 5.41) is 3.25. The Morgan fingerprint density at radius 3 is 2.41 bits per heavy atom. The lowest BCUT2D eigenvalue weighted by molar-refractivity contribution is -0.121. The standard InChI is InChI=1S/C25H31N3O4/c1-17-14-18(2)21(19(3)15-17)16-28-22-9-6-5-8-20(22)24(30)27(25(28)31)12-7-10-23(29)26-11-13-32-4/h5-6,8-9,14-15H,7,10-13,16H2,1-4H3,(H,26,29). The number of carbonyl (C=O) groups excluding carboxylic acids is 1. The number of hydrogen-bond donors (Lipinski definition) is 1. The molecule has 3 rings (SSSR count). The first-order valence-electron chi connectivity index (χ1n) is 10.9. The summed E-state index contributed by atoms with van der Waals surface area (Å²) in [5.74, 6) is -0.123. The highest BCUT2D eigenvalue weighted by Gasteiger charge is 2.15. The average Bonchev–Trinajstić information content (AvgIpc) is 2.75. The van der Waals surface area contributed by atoms with Crippen LogP contribution in [0, 0.1) is 20.8 Å². The summed E-state index contributed by atoms with van der Waals surface area (Å²) >= 11 is 0. The van der Waals surface area contributed by atoms with Gasteiger partial charge in [0, 0.05) is 26.6 Å². The third-order valence-electron chi connectivity index (χ3n) is 5.70. The maximum absolute atomic E-state index is 13.4. The molecule has 2 aromatic carbocycles. The number of nitrogens with zero attached hydrogens (tertiary/aromatic N) is 2. The summed E-state index contributed by atoms with van der Waals surface area (Å²) in [6.07, 6.45) is 0.632. The first-order valence-corrected chi connectivity index (χ1v) is 10.9. The summed E-state index contributed by atoms with van der Waals surface area (Å²) in [6, 6.07) is 11.4. The van der Waals surface area contributed by atoms with E-state index in [1.54, 1.807) is 23.8 Å². The molecule has 0 saturated heterocycles. The number of amides is 1. The van der Waals surface area contributed by atoms with Gasteiger partial charge in [0.05, 0.1) is 24.1 Å². The molecule has 0 aliphatic heterocycles. The number of fused-ring (bicyclic) bond motifs is 1. The topological polar surface area (TPSA) is 82.3 Å². The Hall–Kier alpha value is -3.19. The average molecular weight is 438 g/mol. The molecule has 0 aliphatic carbocycles. The predicted molar refractivity (Wildman–Crippen MR) is 126 cm³/mol. The number of aromatic nitrogens is 2. The zero-order chi connectivity index (χ0) is 23.3. The quantitative estimate of drug-likeness (QED) is 0.522. The van der Waals surface area contributed by atoms with Gasteiger partial charge in [0.25, 0.3) is 5.56 Å². The molecule has 1 aromatic heterocycles. The number of nitrogens with one attached hydrogen (secondary N) is 1. The molecule has 0 atom stereocenters. The Kier molecular flexibility index (Phi) is 7.64. The number of rotatable bonds is 9. The number of hydrogen-bond acceptors (Lipinski definition) is 4. The predicted octanol–water partition coefficient (Wildman–Crippen LogP) is 2.68. The maximum Gasteiger partial charge on any atom is 0.331 e. The second kappa shape index (κ2) is 10.4. The first-order chi connectivity index (χ1) is 15.3. The van der Waals surface area contributed by atoms with E-state index in [0.717, 1.165) is 16.7 Å². The minimum absolute atomic E-state index is 0.123. The van der Waals surface area contributed by atoms with E-state index in [1.165, 1.54) is 10.1 Å². The van der Waals surface area contributed by atoms with Crippen LogP contribution in [0.3, 0.4) is 0 Å². The number of ether oxygens (including phenoxy) is 1. The van der Waals surface area contributed by atoms with E-state index >= 15 is 0 Å². The van der Waals surface area contributed by atoms with Crippen molar-refractivity contribution in [3.8, 4) is 0 Å². The molecule has 7 nitrogen and oxygen atoms in total. The van der Waals surface area contributed by atoms with E-state index < -0.39 is 0 Å². The molecule has 1 heterocycles. The van der Waals surface area contributed by atoms with Crippen LogP contribution in [0.1, 0.15) is 35.1 Å². The van der Waals surface area contributed by atoms with Crippen molar-refractivity contribution >= 4 is 16.8 Å². The number of benzene rings is 2. The van der Waals surface area contributed by atoms with E-state index in [9.17, 15) is 14.4 Å². The molecular formula is C25H31N3O4. The fourth-order valence-corrected chi connectivity index (χ4v) is 4.12. The third-order valence-corrected chi connectivity index (χ3v) is 5.70. The van der Waals surface area contributed by atoms with E-state index in [4.69, 9.17) is 4.74 Å². The molecule has 0 bridgehead atoms. The van der Waals surface area contributed by atoms with Gasteiger partial charge in [-0.05, 0) is 56.0 Å². The van der Waals surface area contributed by atoms with Crippen LogP contribution < -0.4 is 16.6 Å². The molecule has 1 N–H and O–H groups in total. The van der Waals surface area contributed by atoms with Crippen molar-refractivity contribution < 1.29 is 9.53 Å². The summed E-state index contributed by atoms with van der Waals surface area (Å²) in [4.78, 5) is 38.4. The van der Waals surface area contributed by atoms with Gasteiger partial charge in [-0.2, -0.15) is 0 Å². The Morgan fingerprint density at radius 2 is 1.72 bits per heavy atom. The molecule has 0 unspecified atom stereocenters. The van der Waals surface area contributed by atoms with Gasteiger partial charge >= 0.3 is 5.69 Å². The minimum atomic E-state index is -0.354. The monoisotopic (exact) mass is 437 g/mol. The molecule has 170 valence electrons. The number of para-hydroxylation sites is 1. The van der Waals surface area contributed by atoms with Gasteiger partial charge in [-0.3, -0.25) is 18.7 Å². The van der Waals surface area contributed by atoms with Crippen LogP contribution >= 0.6 is 0 Å². The third kappa shape index (κ3) is 5.16. The molecule has 1 amide bonds. The van der Waals surface area contributed by atoms with E-state index in [-0.39, 0.29) is 30.1 Å². The molecular weight excluding hydrogens is 406 g/mol. The molecule has 0 spiro atoms. The van der Waals surface area contributed by atoms with Crippen LogP contribution in [-0.2, 0) is 22.6 Å². The van der Waals surface area contributed by atoms with Gasteiger partial charge in [0.2, 0.25) is 5.91 Å². The summed E-state index contributed by atoms with van der Waals surface area (Å²) in [6.45, 7) is 7.59. The molecule has 7 heteroatoms. The highest BCUT2D eigenvalue weighted by atomic mass is 16.5. The van der Waals surface area contributed by atoms with Crippen LogP contribution in [0.15, 0.2) is 46.0 Å². The van der Waals surface area contributed by atoms with Crippen molar-refractivity contribution in [1.29, 1.82) is 0 Å². The Labute approximate surface area is 187 Å². The van der Waals surface area contributed by atoms with Gasteiger partial charge in [-0.15, -0.1) is 0 Å². The summed E-state index contributed by atoms with van der Waals surface area (Å²) in [7, 11) is 1.57. The summed E-state index contributed by atoms with van der Waals surface area (Å²) < 4.78 is 7.84. The summed E-state index contributed by atoms with van der Waals surface area (Å²) in [5.41, 5.74) is 4.43. The van der Waals surface area contributed by atoms with E-state index in [0.29, 0.717) is 37.0 Å². The second-order valence-electron chi connectivity index (χ2n) is 8.17. The lowest BCUT2D eigenvalue weighted by atomic mass is 9.99. The molecule has 0 fully saturated rings. The maximum atomic E-state index is 13.4. The van der Waals surface area contributed by atoms with Gasteiger partial charge in [0.15, 0.2) is 0 Å². The van der Waals surface area contributed by atoms with Crippen LogP contribution in [0.5, 0.6) is 0 Å². The van der Waals surface area contributed by atoms with E-state index in [1.807, 2.05) is 26.0 Å².